The predicted molar refractivity (Wildman–Crippen MR) is 217 cm³/mol. The molecule has 2 aliphatic carbocycles. The molecule has 2 N–H and O–H groups in total. The Balaban J connectivity index is 0.000000156. The van der Waals surface area contributed by atoms with Gasteiger partial charge in [0.15, 0.2) is 0 Å². The van der Waals surface area contributed by atoms with Crippen molar-refractivity contribution in [2.75, 3.05) is 22.9 Å². The van der Waals surface area contributed by atoms with Crippen molar-refractivity contribution >= 4 is 47.6 Å². The van der Waals surface area contributed by atoms with Gasteiger partial charge in [0.25, 0.3) is 11.7 Å². The lowest BCUT2D eigenvalue weighted by Gasteiger charge is -2.41. The van der Waals surface area contributed by atoms with E-state index in [0.29, 0.717) is 68.0 Å². The second-order valence-corrected chi connectivity index (χ2v) is 16.4. The number of nitrogens with zero attached hydrogens (tertiary/aromatic N) is 13. The summed E-state index contributed by atoms with van der Waals surface area (Å²) in [6.07, 6.45) is 19.4. The van der Waals surface area contributed by atoms with Gasteiger partial charge < -0.3 is 20.4 Å². The molecule has 8 heterocycles. The lowest BCUT2D eigenvalue weighted by Crippen LogP contribution is -2.49. The zero-order valence-corrected chi connectivity index (χ0v) is 33.1. The van der Waals surface area contributed by atoms with Crippen molar-refractivity contribution in [2.24, 2.45) is 27.8 Å². The number of piperidine rings is 2. The maximum atomic E-state index is 13.6. The van der Waals surface area contributed by atoms with E-state index in [1.807, 2.05) is 0 Å². The number of rotatable bonds is 7. The van der Waals surface area contributed by atoms with Crippen LogP contribution in [0.2, 0.25) is 0 Å². The smallest absolute Gasteiger partial charge is 0.274 e. The molecule has 4 fully saturated rings. The quantitative estimate of drug-likeness (QED) is 0.244. The van der Waals surface area contributed by atoms with Gasteiger partial charge in [-0.2, -0.15) is 15.2 Å². The SMILES string of the molecule is NC(=O)c1cc(N2CCC(C(=O)N3N=CCC3c3cncc(F)c3)CC23CC3)ncn1.[C-]#[N+]c1cc(N2CCC(C(=O)N3N=CCC3c3cncc(F)c3)CC23CC3)ncn1. The van der Waals surface area contributed by atoms with Gasteiger partial charge in [0.05, 0.1) is 24.5 Å². The second-order valence-electron chi connectivity index (χ2n) is 16.4. The van der Waals surface area contributed by atoms with Crippen LogP contribution in [-0.2, 0) is 9.59 Å². The number of aromatic nitrogens is 6. The van der Waals surface area contributed by atoms with E-state index in [1.54, 1.807) is 37.0 Å². The summed E-state index contributed by atoms with van der Waals surface area (Å²) in [4.78, 5) is 70.4. The fourth-order valence-corrected chi connectivity index (χ4v) is 9.34. The first-order valence-corrected chi connectivity index (χ1v) is 20.3. The Morgan fingerprint density at radius 3 is 1.64 bits per heavy atom. The van der Waals surface area contributed by atoms with Gasteiger partial charge in [-0.15, -0.1) is 4.98 Å². The minimum absolute atomic E-state index is 0.0199. The van der Waals surface area contributed by atoms with Crippen LogP contribution in [0.15, 0.2) is 71.9 Å². The Morgan fingerprint density at radius 1 is 0.689 bits per heavy atom. The van der Waals surface area contributed by atoms with Gasteiger partial charge in [-0.1, -0.05) is 6.57 Å². The van der Waals surface area contributed by atoms with Crippen LogP contribution in [0.3, 0.4) is 0 Å². The first kappa shape index (κ1) is 39.6. The van der Waals surface area contributed by atoms with Crippen molar-refractivity contribution in [2.45, 2.75) is 87.4 Å². The lowest BCUT2D eigenvalue weighted by molar-refractivity contribution is -0.139. The number of primary amides is 1. The molecule has 6 aliphatic rings. The number of amides is 3. The molecule has 0 radical (unpaired) electrons. The van der Waals surface area contributed by atoms with Gasteiger partial charge in [0, 0.05) is 85.8 Å². The number of pyridine rings is 2. The maximum absolute atomic E-state index is 13.6. The Hall–Kier alpha value is -6.84. The standard InChI is InChI=1S/C21H22FN7O2.C21H20FN7O/c22-15-7-14(10-24-11-15)17-1-5-27-29(17)20(31)13-2-6-28(21(9-13)3-4-21)18-8-16(19(23)30)25-12-26-18;1-23-18-9-19(26-13-25-18)28-7-3-14(10-21(28)4-5-21)20(30)29-17(2-6-27-29)15-8-16(22)12-24-11-15/h5,7-8,10-13,17H,1-4,6,9H2,(H2,23,30);6,8-9,11-14,17H,2-5,7,10H2. The normalized spacial score (nSPS) is 24.0. The molecule has 4 aliphatic heterocycles. The molecule has 0 aromatic carbocycles. The first-order chi connectivity index (χ1) is 29.6. The molecule has 0 bridgehead atoms. The van der Waals surface area contributed by atoms with E-state index in [0.717, 1.165) is 50.3 Å². The third kappa shape index (κ3) is 7.85. The summed E-state index contributed by atoms with van der Waals surface area (Å²) in [5, 5.41) is 11.6. The van der Waals surface area contributed by atoms with E-state index in [2.05, 4.69) is 54.8 Å². The molecule has 2 saturated heterocycles. The predicted octanol–water partition coefficient (Wildman–Crippen LogP) is 5.09. The minimum Gasteiger partial charge on any atom is -0.364 e. The zero-order valence-electron chi connectivity index (χ0n) is 33.1. The summed E-state index contributed by atoms with van der Waals surface area (Å²) in [7, 11) is 0. The molecule has 19 heteroatoms. The minimum atomic E-state index is -0.594. The summed E-state index contributed by atoms with van der Waals surface area (Å²) in [6, 6.07) is 5.51. The molecular weight excluding hydrogens is 787 g/mol. The molecule has 61 heavy (non-hydrogen) atoms. The highest BCUT2D eigenvalue weighted by Crippen LogP contribution is 2.53. The van der Waals surface area contributed by atoms with Crippen LogP contribution in [-0.4, -0.2) is 94.2 Å². The number of carbonyl (C=O) groups is 3. The van der Waals surface area contributed by atoms with Crippen LogP contribution in [0.1, 0.15) is 97.9 Å². The molecule has 312 valence electrons. The van der Waals surface area contributed by atoms with Crippen LogP contribution >= 0.6 is 0 Å². The average Bonchev–Trinajstić information content (AvgIpc) is 4.07. The summed E-state index contributed by atoms with van der Waals surface area (Å²) in [6.45, 7) is 8.50. The Bertz CT molecular complexity index is 2470. The Morgan fingerprint density at radius 2 is 1.18 bits per heavy atom. The molecule has 4 atom stereocenters. The average molecular weight is 829 g/mol. The van der Waals surface area contributed by atoms with Gasteiger partial charge in [-0.05, 0) is 74.6 Å². The topological polar surface area (TPSA) is 197 Å². The molecule has 10 rings (SSSR count). The summed E-state index contributed by atoms with van der Waals surface area (Å²) >= 11 is 0. The van der Waals surface area contributed by atoms with Crippen molar-refractivity contribution in [1.29, 1.82) is 0 Å². The number of halogens is 2. The molecule has 4 unspecified atom stereocenters. The van der Waals surface area contributed by atoms with Crippen LogP contribution in [0.4, 0.5) is 26.2 Å². The van der Waals surface area contributed by atoms with E-state index in [4.69, 9.17) is 12.3 Å². The molecule has 4 aromatic rings. The zero-order chi connectivity index (χ0) is 42.3. The number of hydrazone groups is 2. The van der Waals surface area contributed by atoms with Gasteiger partial charge in [-0.3, -0.25) is 24.4 Å². The maximum Gasteiger partial charge on any atom is 0.274 e. The number of nitrogens with two attached hydrogens (primary N) is 1. The van der Waals surface area contributed by atoms with Crippen molar-refractivity contribution in [3.05, 3.63) is 102 Å². The van der Waals surface area contributed by atoms with Crippen molar-refractivity contribution < 1.29 is 23.2 Å². The second kappa shape index (κ2) is 16.0. The highest BCUT2D eigenvalue weighted by molar-refractivity contribution is 5.91. The Labute approximate surface area is 349 Å². The molecular formula is C42H42F2N14O3. The summed E-state index contributed by atoms with van der Waals surface area (Å²) in [5.41, 5.74) is 6.59. The number of hydrogen-bond donors (Lipinski definition) is 1. The van der Waals surface area contributed by atoms with E-state index in [1.165, 1.54) is 34.8 Å². The van der Waals surface area contributed by atoms with Crippen molar-refractivity contribution in [1.82, 2.24) is 39.9 Å². The van der Waals surface area contributed by atoms with Crippen molar-refractivity contribution in [3.63, 3.8) is 0 Å². The third-order valence-electron chi connectivity index (χ3n) is 12.7. The Kier molecular flexibility index (Phi) is 10.4. The van der Waals surface area contributed by atoms with E-state index in [-0.39, 0.29) is 52.5 Å². The molecule has 4 aromatic heterocycles. The van der Waals surface area contributed by atoms with E-state index < -0.39 is 17.5 Å². The van der Waals surface area contributed by atoms with Crippen LogP contribution in [0, 0.1) is 30.0 Å². The van der Waals surface area contributed by atoms with Crippen LogP contribution < -0.4 is 15.5 Å². The fourth-order valence-electron chi connectivity index (χ4n) is 9.34. The number of hydrogen-bond acceptors (Lipinski definition) is 13. The lowest BCUT2D eigenvalue weighted by atomic mass is 9.87. The fraction of sp³-hybridized carbons (Fsp3) is 0.429. The summed E-state index contributed by atoms with van der Waals surface area (Å²) in [5.74, 6) is -0.0980. The van der Waals surface area contributed by atoms with Crippen LogP contribution in [0.5, 0.6) is 0 Å². The monoisotopic (exact) mass is 828 g/mol. The van der Waals surface area contributed by atoms with E-state index in [9.17, 15) is 23.2 Å². The molecule has 2 spiro atoms. The van der Waals surface area contributed by atoms with Gasteiger partial charge in [0.1, 0.15) is 35.3 Å². The highest BCUT2D eigenvalue weighted by atomic mass is 19.1. The van der Waals surface area contributed by atoms with Gasteiger partial charge in [-0.25, -0.2) is 28.8 Å². The third-order valence-corrected chi connectivity index (χ3v) is 12.7. The number of carbonyl (C=O) groups excluding carboxylic acids is 3. The van der Waals surface area contributed by atoms with Gasteiger partial charge in [0.2, 0.25) is 18.1 Å². The molecule has 3 amide bonds. The van der Waals surface area contributed by atoms with Crippen LogP contribution in [0.25, 0.3) is 4.85 Å². The highest BCUT2D eigenvalue weighted by Gasteiger charge is 2.55. The summed E-state index contributed by atoms with van der Waals surface area (Å²) < 4.78 is 27.3. The molecule has 2 saturated carbocycles. The van der Waals surface area contributed by atoms with E-state index >= 15 is 0 Å². The largest absolute Gasteiger partial charge is 0.364 e. The van der Waals surface area contributed by atoms with Gasteiger partial charge >= 0.3 is 0 Å². The number of anilines is 2. The first-order valence-electron chi connectivity index (χ1n) is 20.3. The molecule has 17 nitrogen and oxygen atoms in total. The van der Waals surface area contributed by atoms with Crippen molar-refractivity contribution in [3.8, 4) is 0 Å².